The zero-order chi connectivity index (χ0) is 23.8. The van der Waals surface area contributed by atoms with Gasteiger partial charge < -0.3 is 9.64 Å². The molecule has 4 aromatic rings. The van der Waals surface area contributed by atoms with E-state index in [0.29, 0.717) is 28.5 Å². The number of nitrogens with zero attached hydrogens (tertiary/aromatic N) is 4. The van der Waals surface area contributed by atoms with Crippen molar-refractivity contribution in [2.75, 3.05) is 20.7 Å². The summed E-state index contributed by atoms with van der Waals surface area (Å²) in [6.07, 6.45) is 5.62. The molecule has 0 aliphatic carbocycles. The number of rotatable bonds is 5. The van der Waals surface area contributed by atoms with Crippen LogP contribution < -0.4 is 0 Å². The quantitative estimate of drug-likeness (QED) is 0.219. The molecule has 1 atom stereocenters. The molecule has 1 aromatic heterocycles. The lowest BCUT2D eigenvalue weighted by Gasteiger charge is -2.22. The smallest absolute Gasteiger partial charge is 0.196 e. The van der Waals surface area contributed by atoms with Crippen molar-refractivity contribution in [1.29, 1.82) is 0 Å². The first-order valence-electron chi connectivity index (χ1n) is 11.2. The van der Waals surface area contributed by atoms with Crippen molar-refractivity contribution in [1.82, 2.24) is 14.7 Å². The average Bonchev–Trinajstić information content (AvgIpc) is 3.30. The minimum absolute atomic E-state index is 0.0830. The SMILES string of the molecule is CN(C)C=Nc1c(C(=O)c2ccc(F)c3nn(C4CCCCO4)cc23)cc(F)c2ccccc12. The number of hydrogen-bond acceptors (Lipinski definition) is 4. The van der Waals surface area contributed by atoms with E-state index in [2.05, 4.69) is 10.1 Å². The maximum absolute atomic E-state index is 15.0. The third kappa shape index (κ3) is 3.94. The van der Waals surface area contributed by atoms with E-state index in [1.807, 2.05) is 14.1 Å². The second kappa shape index (κ2) is 8.95. The maximum atomic E-state index is 15.0. The van der Waals surface area contributed by atoms with Crippen molar-refractivity contribution in [3.8, 4) is 0 Å². The number of carbonyl (C=O) groups excluding carboxylic acids is 1. The number of ether oxygens (including phenoxy) is 1. The Kier molecular flexibility index (Phi) is 5.83. The van der Waals surface area contributed by atoms with Crippen LogP contribution in [-0.4, -0.2) is 47.5 Å². The van der Waals surface area contributed by atoms with Crippen LogP contribution in [-0.2, 0) is 4.74 Å². The van der Waals surface area contributed by atoms with Crippen LogP contribution in [0.15, 0.2) is 53.7 Å². The summed E-state index contributed by atoms with van der Waals surface area (Å²) in [6, 6.07) is 10.7. The van der Waals surface area contributed by atoms with Crippen LogP contribution in [0.1, 0.15) is 41.4 Å². The molecular weight excluding hydrogens is 438 g/mol. The number of ketones is 1. The summed E-state index contributed by atoms with van der Waals surface area (Å²) < 4.78 is 37.0. The van der Waals surface area contributed by atoms with Gasteiger partial charge in [0.2, 0.25) is 0 Å². The molecular formula is C26H24F2N4O2. The van der Waals surface area contributed by atoms with Crippen LogP contribution in [0.5, 0.6) is 0 Å². The second-order valence-corrected chi connectivity index (χ2v) is 8.63. The highest BCUT2D eigenvalue weighted by molar-refractivity contribution is 6.20. The van der Waals surface area contributed by atoms with Gasteiger partial charge in [-0.1, -0.05) is 24.3 Å². The molecule has 0 saturated carbocycles. The molecule has 1 saturated heterocycles. The van der Waals surface area contributed by atoms with Gasteiger partial charge in [0.05, 0.1) is 17.6 Å². The van der Waals surface area contributed by atoms with E-state index < -0.39 is 17.4 Å². The fourth-order valence-electron chi connectivity index (χ4n) is 4.31. The molecule has 5 rings (SSSR count). The molecule has 0 radical (unpaired) electrons. The molecule has 1 fully saturated rings. The van der Waals surface area contributed by atoms with Gasteiger partial charge in [0, 0.05) is 48.6 Å². The fourth-order valence-corrected chi connectivity index (χ4v) is 4.31. The average molecular weight is 463 g/mol. The zero-order valence-corrected chi connectivity index (χ0v) is 19.0. The third-order valence-corrected chi connectivity index (χ3v) is 5.97. The second-order valence-electron chi connectivity index (χ2n) is 8.63. The Bertz CT molecular complexity index is 1420. The summed E-state index contributed by atoms with van der Waals surface area (Å²) in [5.41, 5.74) is 0.772. The monoisotopic (exact) mass is 462 g/mol. The molecule has 6 nitrogen and oxygen atoms in total. The van der Waals surface area contributed by atoms with Gasteiger partial charge in [0.15, 0.2) is 11.6 Å². The predicted octanol–water partition coefficient (Wildman–Crippen LogP) is 5.62. The molecule has 174 valence electrons. The van der Waals surface area contributed by atoms with Gasteiger partial charge in [-0.25, -0.2) is 18.5 Å². The van der Waals surface area contributed by atoms with Crippen LogP contribution in [0.3, 0.4) is 0 Å². The highest BCUT2D eigenvalue weighted by Gasteiger charge is 2.24. The normalized spacial score (nSPS) is 16.5. The number of benzene rings is 3. The van der Waals surface area contributed by atoms with Gasteiger partial charge in [0.25, 0.3) is 0 Å². The third-order valence-electron chi connectivity index (χ3n) is 5.97. The van der Waals surface area contributed by atoms with E-state index in [4.69, 9.17) is 4.74 Å². The summed E-state index contributed by atoms with van der Waals surface area (Å²) in [6.45, 7) is 0.610. The Balaban J connectivity index is 1.68. The van der Waals surface area contributed by atoms with E-state index in [-0.39, 0.29) is 22.9 Å². The van der Waals surface area contributed by atoms with Crippen LogP contribution in [0.2, 0.25) is 0 Å². The molecule has 0 amide bonds. The van der Waals surface area contributed by atoms with Crippen molar-refractivity contribution >= 4 is 39.5 Å². The lowest BCUT2D eigenvalue weighted by atomic mass is 9.95. The van der Waals surface area contributed by atoms with Gasteiger partial charge in [-0.2, -0.15) is 5.10 Å². The lowest BCUT2D eigenvalue weighted by Crippen LogP contribution is -2.18. The van der Waals surface area contributed by atoms with Crippen LogP contribution >= 0.6 is 0 Å². The van der Waals surface area contributed by atoms with Crippen molar-refractivity contribution in [3.05, 3.63) is 71.4 Å². The summed E-state index contributed by atoms with van der Waals surface area (Å²) >= 11 is 0. The molecule has 1 aliphatic heterocycles. The van der Waals surface area contributed by atoms with Crippen molar-refractivity contribution in [3.63, 3.8) is 0 Å². The number of halogens is 2. The molecule has 8 heteroatoms. The molecule has 0 bridgehead atoms. The molecule has 1 unspecified atom stereocenters. The minimum atomic E-state index is -0.531. The Hall–Kier alpha value is -3.65. The lowest BCUT2D eigenvalue weighted by molar-refractivity contribution is -0.0391. The molecule has 2 heterocycles. The van der Waals surface area contributed by atoms with Crippen LogP contribution in [0.4, 0.5) is 14.5 Å². The van der Waals surface area contributed by atoms with E-state index in [0.717, 1.165) is 19.3 Å². The summed E-state index contributed by atoms with van der Waals surface area (Å²) in [7, 11) is 3.61. The first kappa shape index (κ1) is 22.2. The molecule has 1 aliphatic rings. The highest BCUT2D eigenvalue weighted by atomic mass is 19.1. The molecule has 3 aromatic carbocycles. The number of carbonyl (C=O) groups is 1. The van der Waals surface area contributed by atoms with Gasteiger partial charge in [-0.05, 0) is 37.5 Å². The largest absolute Gasteiger partial charge is 0.369 e. The first-order valence-corrected chi connectivity index (χ1v) is 11.2. The van der Waals surface area contributed by atoms with E-state index >= 15 is 4.39 Å². The molecule has 0 spiro atoms. The predicted molar refractivity (Wildman–Crippen MR) is 128 cm³/mol. The van der Waals surface area contributed by atoms with Crippen molar-refractivity contribution in [2.24, 2.45) is 4.99 Å². The highest BCUT2D eigenvalue weighted by Crippen LogP contribution is 2.35. The van der Waals surface area contributed by atoms with Gasteiger partial charge in [-0.3, -0.25) is 4.79 Å². The maximum Gasteiger partial charge on any atom is 0.196 e. The summed E-state index contributed by atoms with van der Waals surface area (Å²) in [5.74, 6) is -1.51. The van der Waals surface area contributed by atoms with Gasteiger partial charge in [0.1, 0.15) is 17.6 Å². The Morgan fingerprint density at radius 2 is 1.88 bits per heavy atom. The van der Waals surface area contributed by atoms with E-state index in [1.165, 1.54) is 18.2 Å². The first-order chi connectivity index (χ1) is 16.4. The van der Waals surface area contributed by atoms with Crippen molar-refractivity contribution < 1.29 is 18.3 Å². The standard InChI is InChI=1S/C26H24F2N4O2/c1-31(2)15-29-24-17-8-4-3-7-16(17)22(28)13-19(24)26(33)18-10-11-21(27)25-20(18)14-32(30-25)23-9-5-6-12-34-23/h3-4,7-8,10-11,13-15,23H,5-6,9,12H2,1-2H3. The number of hydrogen-bond donors (Lipinski definition) is 0. The number of aliphatic imine (C=N–C) groups is 1. The van der Waals surface area contributed by atoms with Crippen LogP contribution in [0.25, 0.3) is 21.7 Å². The number of aromatic nitrogens is 2. The topological polar surface area (TPSA) is 59.7 Å². The molecule has 0 N–H and O–H groups in total. The Morgan fingerprint density at radius 3 is 2.62 bits per heavy atom. The number of fused-ring (bicyclic) bond motifs is 2. The minimum Gasteiger partial charge on any atom is -0.369 e. The van der Waals surface area contributed by atoms with E-state index in [1.54, 1.807) is 46.4 Å². The molecule has 34 heavy (non-hydrogen) atoms. The fraction of sp³-hybridized carbons (Fsp3) is 0.269. The summed E-state index contributed by atoms with van der Waals surface area (Å²) in [4.78, 5) is 20.0. The Morgan fingerprint density at radius 1 is 1.09 bits per heavy atom. The zero-order valence-electron chi connectivity index (χ0n) is 19.0. The Labute approximate surface area is 195 Å². The van der Waals surface area contributed by atoms with Gasteiger partial charge in [-0.15, -0.1) is 0 Å². The van der Waals surface area contributed by atoms with Gasteiger partial charge >= 0.3 is 0 Å². The van der Waals surface area contributed by atoms with Crippen molar-refractivity contribution in [2.45, 2.75) is 25.5 Å². The summed E-state index contributed by atoms with van der Waals surface area (Å²) in [5, 5.41) is 5.63. The van der Waals surface area contributed by atoms with E-state index in [9.17, 15) is 9.18 Å². The van der Waals surface area contributed by atoms with Crippen LogP contribution in [0, 0.1) is 11.6 Å².